The lowest BCUT2D eigenvalue weighted by Crippen LogP contribution is -2.07. The Morgan fingerprint density at radius 2 is 2.00 bits per heavy atom. The Morgan fingerprint density at radius 1 is 1.24 bits per heavy atom. The summed E-state index contributed by atoms with van der Waals surface area (Å²) in [5.74, 6) is 0.758. The molecule has 0 spiro atoms. The molecule has 17 heavy (non-hydrogen) atoms. The first-order chi connectivity index (χ1) is 8.29. The zero-order chi connectivity index (χ0) is 12.5. The van der Waals surface area contributed by atoms with Gasteiger partial charge in [0.1, 0.15) is 12.4 Å². The molecule has 0 bridgehead atoms. The average molecular weight is 238 g/mol. The van der Waals surface area contributed by atoms with Gasteiger partial charge < -0.3 is 14.6 Å². The Kier molecular flexibility index (Phi) is 6.67. The molecular weight excluding hydrogens is 216 g/mol. The molecule has 1 atom stereocenters. The highest BCUT2D eigenvalue weighted by Gasteiger charge is 2.12. The summed E-state index contributed by atoms with van der Waals surface area (Å²) in [7, 11) is 1.64. The molecule has 1 aromatic carbocycles. The molecule has 3 heteroatoms. The minimum Gasteiger partial charge on any atom is -0.491 e. The van der Waals surface area contributed by atoms with Crippen LogP contribution in [0.3, 0.4) is 0 Å². The Morgan fingerprint density at radius 3 is 2.71 bits per heavy atom. The van der Waals surface area contributed by atoms with Crippen LogP contribution in [0.15, 0.2) is 24.3 Å². The van der Waals surface area contributed by atoms with Crippen molar-refractivity contribution < 1.29 is 14.6 Å². The predicted molar refractivity (Wildman–Crippen MR) is 68.3 cm³/mol. The van der Waals surface area contributed by atoms with E-state index in [2.05, 4.69) is 6.92 Å². The number of ether oxygens (including phenoxy) is 2. The fourth-order valence-corrected chi connectivity index (χ4v) is 1.68. The van der Waals surface area contributed by atoms with Gasteiger partial charge in [0.15, 0.2) is 0 Å². The highest BCUT2D eigenvalue weighted by atomic mass is 16.5. The predicted octanol–water partition coefficient (Wildman–Crippen LogP) is 2.94. The monoisotopic (exact) mass is 238 g/mol. The molecule has 0 saturated heterocycles. The van der Waals surface area contributed by atoms with E-state index in [0.29, 0.717) is 13.2 Å². The van der Waals surface area contributed by atoms with Gasteiger partial charge in [0.25, 0.3) is 0 Å². The molecule has 0 amide bonds. The number of aliphatic hydroxyl groups excluding tert-OH is 1. The maximum Gasteiger partial charge on any atom is 0.125 e. The highest BCUT2D eigenvalue weighted by molar-refractivity contribution is 5.35. The quantitative estimate of drug-likeness (QED) is 0.708. The molecule has 1 unspecified atom stereocenters. The van der Waals surface area contributed by atoms with Gasteiger partial charge in [-0.3, -0.25) is 0 Å². The minimum atomic E-state index is -0.436. The Bertz CT molecular complexity index is 312. The molecule has 0 radical (unpaired) electrons. The number of benzene rings is 1. The first-order valence-electron chi connectivity index (χ1n) is 6.18. The van der Waals surface area contributed by atoms with Gasteiger partial charge in [-0.25, -0.2) is 0 Å². The van der Waals surface area contributed by atoms with Crippen LogP contribution in [-0.2, 0) is 4.74 Å². The van der Waals surface area contributed by atoms with E-state index in [4.69, 9.17) is 9.47 Å². The van der Waals surface area contributed by atoms with Gasteiger partial charge in [-0.2, -0.15) is 0 Å². The van der Waals surface area contributed by atoms with Crippen molar-refractivity contribution in [3.63, 3.8) is 0 Å². The van der Waals surface area contributed by atoms with Crippen LogP contribution in [-0.4, -0.2) is 25.4 Å². The molecule has 1 rings (SSSR count). The van der Waals surface area contributed by atoms with E-state index < -0.39 is 6.10 Å². The van der Waals surface area contributed by atoms with Crippen molar-refractivity contribution in [1.82, 2.24) is 0 Å². The van der Waals surface area contributed by atoms with Gasteiger partial charge in [0, 0.05) is 12.7 Å². The molecule has 0 aliphatic carbocycles. The molecule has 1 N–H and O–H groups in total. The first-order valence-corrected chi connectivity index (χ1v) is 6.18. The number of unbranched alkanes of at least 4 members (excludes halogenated alkanes) is 1. The van der Waals surface area contributed by atoms with Crippen LogP contribution in [0, 0.1) is 0 Å². The van der Waals surface area contributed by atoms with Gasteiger partial charge >= 0.3 is 0 Å². The van der Waals surface area contributed by atoms with Crippen molar-refractivity contribution in [1.29, 1.82) is 0 Å². The second kappa shape index (κ2) is 8.09. The summed E-state index contributed by atoms with van der Waals surface area (Å²) in [5.41, 5.74) is 0.872. The lowest BCUT2D eigenvalue weighted by Gasteiger charge is -2.15. The Hall–Kier alpha value is -1.06. The minimum absolute atomic E-state index is 0.436. The van der Waals surface area contributed by atoms with E-state index in [-0.39, 0.29) is 0 Å². The van der Waals surface area contributed by atoms with E-state index in [1.54, 1.807) is 7.11 Å². The first kappa shape index (κ1) is 14.0. The topological polar surface area (TPSA) is 38.7 Å². The largest absolute Gasteiger partial charge is 0.491 e. The average Bonchev–Trinajstić information content (AvgIpc) is 2.37. The van der Waals surface area contributed by atoms with Crippen molar-refractivity contribution in [3.8, 4) is 5.75 Å². The summed E-state index contributed by atoms with van der Waals surface area (Å²) in [5, 5.41) is 10.1. The van der Waals surface area contributed by atoms with Gasteiger partial charge in [-0.1, -0.05) is 38.0 Å². The molecular formula is C14H22O3. The van der Waals surface area contributed by atoms with E-state index >= 15 is 0 Å². The third kappa shape index (κ3) is 4.75. The molecule has 96 valence electrons. The van der Waals surface area contributed by atoms with E-state index in [1.807, 2.05) is 24.3 Å². The van der Waals surface area contributed by atoms with Gasteiger partial charge in [0.2, 0.25) is 0 Å². The molecule has 1 aromatic rings. The second-order valence-corrected chi connectivity index (χ2v) is 4.04. The number of para-hydroxylation sites is 1. The lowest BCUT2D eigenvalue weighted by molar-refractivity contribution is 0.135. The van der Waals surface area contributed by atoms with Crippen LogP contribution in [0.4, 0.5) is 0 Å². The Labute approximate surface area is 103 Å². The second-order valence-electron chi connectivity index (χ2n) is 4.04. The molecule has 0 fully saturated rings. The van der Waals surface area contributed by atoms with E-state index in [1.165, 1.54) is 0 Å². The van der Waals surface area contributed by atoms with Crippen LogP contribution in [0.2, 0.25) is 0 Å². The molecule has 0 saturated carbocycles. The number of methoxy groups -OCH3 is 1. The summed E-state index contributed by atoms with van der Waals surface area (Å²) >= 11 is 0. The number of hydrogen-bond acceptors (Lipinski definition) is 3. The van der Waals surface area contributed by atoms with Crippen LogP contribution in [0.5, 0.6) is 5.75 Å². The number of rotatable bonds is 8. The molecule has 0 heterocycles. The van der Waals surface area contributed by atoms with Crippen molar-refractivity contribution >= 4 is 0 Å². The molecule has 0 aromatic heterocycles. The standard InChI is InChI=1S/C14H22O3/c1-3-4-8-13(15)12-7-5-6-9-14(12)17-11-10-16-2/h5-7,9,13,15H,3-4,8,10-11H2,1-2H3. The summed E-state index contributed by atoms with van der Waals surface area (Å²) in [6.45, 7) is 3.18. The zero-order valence-electron chi connectivity index (χ0n) is 10.7. The smallest absolute Gasteiger partial charge is 0.125 e. The molecule has 3 nitrogen and oxygen atoms in total. The molecule has 0 aliphatic heterocycles. The third-order valence-electron chi connectivity index (χ3n) is 2.65. The van der Waals surface area contributed by atoms with Crippen molar-refractivity contribution in [3.05, 3.63) is 29.8 Å². The van der Waals surface area contributed by atoms with Crippen molar-refractivity contribution in [2.45, 2.75) is 32.3 Å². The van der Waals surface area contributed by atoms with Crippen molar-refractivity contribution in [2.75, 3.05) is 20.3 Å². The highest BCUT2D eigenvalue weighted by Crippen LogP contribution is 2.28. The van der Waals surface area contributed by atoms with Gasteiger partial charge in [0.05, 0.1) is 12.7 Å². The summed E-state index contributed by atoms with van der Waals surface area (Å²) in [4.78, 5) is 0. The van der Waals surface area contributed by atoms with Crippen molar-refractivity contribution in [2.24, 2.45) is 0 Å². The maximum absolute atomic E-state index is 10.1. The fraction of sp³-hybridized carbons (Fsp3) is 0.571. The SMILES string of the molecule is CCCCC(O)c1ccccc1OCCOC. The summed E-state index contributed by atoms with van der Waals surface area (Å²) in [6, 6.07) is 7.65. The van der Waals surface area contributed by atoms with Crippen LogP contribution in [0.1, 0.15) is 37.9 Å². The summed E-state index contributed by atoms with van der Waals surface area (Å²) < 4.78 is 10.5. The number of hydrogen-bond donors (Lipinski definition) is 1. The maximum atomic E-state index is 10.1. The normalized spacial score (nSPS) is 12.4. The van der Waals surface area contributed by atoms with E-state index in [9.17, 15) is 5.11 Å². The number of aliphatic hydroxyl groups is 1. The van der Waals surface area contributed by atoms with Crippen LogP contribution < -0.4 is 4.74 Å². The van der Waals surface area contributed by atoms with Gasteiger partial charge in [-0.15, -0.1) is 0 Å². The fourth-order valence-electron chi connectivity index (χ4n) is 1.68. The van der Waals surface area contributed by atoms with E-state index in [0.717, 1.165) is 30.6 Å². The third-order valence-corrected chi connectivity index (χ3v) is 2.65. The summed E-state index contributed by atoms with van der Waals surface area (Å²) in [6.07, 6.45) is 2.45. The van der Waals surface area contributed by atoms with Crippen LogP contribution in [0.25, 0.3) is 0 Å². The molecule has 0 aliphatic rings. The van der Waals surface area contributed by atoms with Crippen LogP contribution >= 0.6 is 0 Å². The zero-order valence-corrected chi connectivity index (χ0v) is 10.7. The van der Waals surface area contributed by atoms with Gasteiger partial charge in [-0.05, 0) is 12.5 Å². The Balaban J connectivity index is 2.62. The lowest BCUT2D eigenvalue weighted by atomic mass is 10.0.